The Morgan fingerprint density at radius 3 is 2.17 bits per heavy atom. The van der Waals surface area contributed by atoms with Crippen LogP contribution in [-0.2, 0) is 4.84 Å². The molecule has 1 aliphatic carbocycles. The van der Waals surface area contributed by atoms with E-state index < -0.39 is 0 Å². The molecule has 2 aromatic carbocycles. The second-order valence-corrected chi connectivity index (χ2v) is 4.87. The zero-order valence-corrected chi connectivity index (χ0v) is 9.86. The number of nitrogens with zero attached hydrogens (tertiary/aromatic N) is 1. The average molecular weight is 235 g/mol. The van der Waals surface area contributed by atoms with Gasteiger partial charge in [-0.1, -0.05) is 65.8 Å². The molecule has 0 aromatic heterocycles. The molecule has 3 atom stereocenters. The zero-order chi connectivity index (χ0) is 11.9. The molecule has 0 amide bonds. The van der Waals surface area contributed by atoms with Crippen molar-refractivity contribution in [2.75, 3.05) is 0 Å². The maximum atomic E-state index is 5.55. The van der Waals surface area contributed by atoms with Crippen LogP contribution < -0.4 is 0 Å². The van der Waals surface area contributed by atoms with E-state index in [9.17, 15) is 0 Å². The maximum absolute atomic E-state index is 5.55. The third-order valence-electron chi connectivity index (χ3n) is 3.80. The standard InChI is InChI=1S/C16H13NO/c1-3-7-11(8-4-1)13-14-15(17-18-16(13)14)12-9-5-2-6-10-12/h1-10,13-14,16H/t13-,14+,16+/m0/s1. The van der Waals surface area contributed by atoms with Gasteiger partial charge in [-0.2, -0.15) is 0 Å². The van der Waals surface area contributed by atoms with Gasteiger partial charge in [-0.25, -0.2) is 0 Å². The Labute approximate surface area is 106 Å². The number of oxime groups is 1. The Bertz CT molecular complexity index is 591. The minimum atomic E-state index is 0.252. The van der Waals surface area contributed by atoms with Gasteiger partial charge in [0.1, 0.15) is 6.10 Å². The summed E-state index contributed by atoms with van der Waals surface area (Å²) in [4.78, 5) is 5.55. The summed E-state index contributed by atoms with van der Waals surface area (Å²) in [6.45, 7) is 0. The molecule has 0 spiro atoms. The maximum Gasteiger partial charge on any atom is 0.144 e. The van der Waals surface area contributed by atoms with Crippen molar-refractivity contribution in [1.82, 2.24) is 0 Å². The molecule has 2 nitrogen and oxygen atoms in total. The van der Waals surface area contributed by atoms with E-state index in [1.54, 1.807) is 0 Å². The molecule has 2 heteroatoms. The van der Waals surface area contributed by atoms with Crippen LogP contribution in [0.4, 0.5) is 0 Å². The number of fused-ring (bicyclic) bond motifs is 1. The summed E-state index contributed by atoms with van der Waals surface area (Å²) in [5.74, 6) is 0.925. The van der Waals surface area contributed by atoms with E-state index in [0.29, 0.717) is 11.8 Å². The Kier molecular flexibility index (Phi) is 2.04. The average Bonchev–Trinajstić information content (AvgIpc) is 3.01. The molecule has 0 saturated heterocycles. The summed E-state index contributed by atoms with van der Waals surface area (Å²) >= 11 is 0. The summed E-state index contributed by atoms with van der Waals surface area (Å²) in [6, 6.07) is 20.9. The third kappa shape index (κ3) is 1.39. The minimum absolute atomic E-state index is 0.252. The van der Waals surface area contributed by atoms with Gasteiger partial charge < -0.3 is 4.84 Å². The lowest BCUT2D eigenvalue weighted by atomic mass is 10.0. The smallest absolute Gasteiger partial charge is 0.144 e. The van der Waals surface area contributed by atoms with E-state index in [0.717, 1.165) is 5.71 Å². The van der Waals surface area contributed by atoms with Crippen LogP contribution in [0.5, 0.6) is 0 Å². The minimum Gasteiger partial charge on any atom is -0.391 e. The van der Waals surface area contributed by atoms with Crippen molar-refractivity contribution in [1.29, 1.82) is 0 Å². The van der Waals surface area contributed by atoms with Crippen LogP contribution in [0.25, 0.3) is 0 Å². The first-order chi connectivity index (χ1) is 8.95. The summed E-state index contributed by atoms with van der Waals surface area (Å²) in [5, 5.41) is 4.23. The van der Waals surface area contributed by atoms with Crippen LogP contribution >= 0.6 is 0 Å². The van der Waals surface area contributed by atoms with Crippen LogP contribution in [0, 0.1) is 5.92 Å². The first-order valence-electron chi connectivity index (χ1n) is 6.29. The van der Waals surface area contributed by atoms with Gasteiger partial charge in [0.15, 0.2) is 0 Å². The normalized spacial score (nSPS) is 28.2. The topological polar surface area (TPSA) is 21.6 Å². The molecule has 1 heterocycles. The van der Waals surface area contributed by atoms with Crippen molar-refractivity contribution in [3.05, 3.63) is 71.8 Å². The molecule has 0 N–H and O–H groups in total. The predicted molar refractivity (Wildman–Crippen MR) is 70.5 cm³/mol. The van der Waals surface area contributed by atoms with Crippen molar-refractivity contribution in [2.24, 2.45) is 11.1 Å². The van der Waals surface area contributed by atoms with Crippen LogP contribution in [0.2, 0.25) is 0 Å². The highest BCUT2D eigenvalue weighted by Crippen LogP contribution is 2.55. The fourth-order valence-electron chi connectivity index (χ4n) is 2.84. The largest absolute Gasteiger partial charge is 0.391 e. The fraction of sp³-hybridized carbons (Fsp3) is 0.188. The quantitative estimate of drug-likeness (QED) is 0.783. The Morgan fingerprint density at radius 2 is 1.44 bits per heavy atom. The van der Waals surface area contributed by atoms with Gasteiger partial charge in [-0.05, 0) is 11.1 Å². The van der Waals surface area contributed by atoms with Crippen LogP contribution in [0.1, 0.15) is 17.0 Å². The first-order valence-corrected chi connectivity index (χ1v) is 6.29. The molecule has 0 bridgehead atoms. The molecule has 2 aromatic rings. The SMILES string of the molecule is c1ccc(C2=NO[C@H]3[C@@H]2[C@@H]3c2ccccc2)cc1. The summed E-state index contributed by atoms with van der Waals surface area (Å²) in [7, 11) is 0. The fourth-order valence-corrected chi connectivity index (χ4v) is 2.84. The highest BCUT2D eigenvalue weighted by molar-refractivity contribution is 6.06. The van der Waals surface area contributed by atoms with Crippen LogP contribution in [0.3, 0.4) is 0 Å². The second-order valence-electron chi connectivity index (χ2n) is 4.87. The van der Waals surface area contributed by atoms with E-state index in [1.807, 2.05) is 18.2 Å². The van der Waals surface area contributed by atoms with Crippen molar-refractivity contribution < 1.29 is 4.84 Å². The van der Waals surface area contributed by atoms with Gasteiger partial charge in [0.25, 0.3) is 0 Å². The van der Waals surface area contributed by atoms with Crippen molar-refractivity contribution >= 4 is 5.71 Å². The molecular weight excluding hydrogens is 222 g/mol. The lowest BCUT2D eigenvalue weighted by molar-refractivity contribution is 0.135. The first kappa shape index (κ1) is 9.89. The third-order valence-corrected chi connectivity index (χ3v) is 3.80. The van der Waals surface area contributed by atoms with Crippen molar-refractivity contribution in [2.45, 2.75) is 12.0 Å². The van der Waals surface area contributed by atoms with Gasteiger partial charge in [-0.3, -0.25) is 0 Å². The molecule has 4 rings (SSSR count). The number of benzene rings is 2. The zero-order valence-electron chi connectivity index (χ0n) is 9.86. The molecule has 0 radical (unpaired) electrons. The molecule has 1 fully saturated rings. The molecule has 1 saturated carbocycles. The van der Waals surface area contributed by atoms with Gasteiger partial charge in [-0.15, -0.1) is 0 Å². The molecular formula is C16H13NO. The van der Waals surface area contributed by atoms with Gasteiger partial charge in [0.2, 0.25) is 0 Å². The van der Waals surface area contributed by atoms with Gasteiger partial charge in [0, 0.05) is 5.92 Å². The van der Waals surface area contributed by atoms with Crippen molar-refractivity contribution in [3.63, 3.8) is 0 Å². The number of rotatable bonds is 2. The molecule has 1 aliphatic heterocycles. The van der Waals surface area contributed by atoms with Gasteiger partial charge >= 0.3 is 0 Å². The molecule has 18 heavy (non-hydrogen) atoms. The van der Waals surface area contributed by atoms with Crippen LogP contribution in [-0.4, -0.2) is 11.8 Å². The van der Waals surface area contributed by atoms with E-state index in [2.05, 4.69) is 47.6 Å². The second kappa shape index (κ2) is 3.70. The highest BCUT2D eigenvalue weighted by atomic mass is 16.7. The van der Waals surface area contributed by atoms with Crippen molar-refractivity contribution in [3.8, 4) is 0 Å². The molecule has 0 unspecified atom stereocenters. The molecule has 2 aliphatic rings. The van der Waals surface area contributed by atoms with E-state index in [-0.39, 0.29) is 6.10 Å². The highest BCUT2D eigenvalue weighted by Gasteiger charge is 2.60. The Morgan fingerprint density at radius 1 is 0.778 bits per heavy atom. The lowest BCUT2D eigenvalue weighted by Gasteiger charge is -2.04. The van der Waals surface area contributed by atoms with E-state index in [4.69, 9.17) is 4.84 Å². The number of hydrogen-bond acceptors (Lipinski definition) is 2. The van der Waals surface area contributed by atoms with Crippen LogP contribution in [0.15, 0.2) is 65.8 Å². The summed E-state index contributed by atoms with van der Waals surface area (Å²) in [5.41, 5.74) is 3.65. The summed E-state index contributed by atoms with van der Waals surface area (Å²) in [6.07, 6.45) is 0.252. The van der Waals surface area contributed by atoms with E-state index in [1.165, 1.54) is 11.1 Å². The Hall–Kier alpha value is -2.09. The monoisotopic (exact) mass is 235 g/mol. The predicted octanol–water partition coefficient (Wildman–Crippen LogP) is 3.20. The Balaban J connectivity index is 1.64. The lowest BCUT2D eigenvalue weighted by Crippen LogP contribution is -2.03. The summed E-state index contributed by atoms with van der Waals surface area (Å²) < 4.78 is 0. The van der Waals surface area contributed by atoms with Gasteiger partial charge in [0.05, 0.1) is 11.6 Å². The number of hydrogen-bond donors (Lipinski definition) is 0. The molecule has 88 valence electrons. The van der Waals surface area contributed by atoms with E-state index >= 15 is 0 Å².